The molecule has 1 aromatic carbocycles. The molecule has 0 aliphatic rings. The van der Waals surface area contributed by atoms with E-state index in [1.165, 1.54) is 0 Å². The summed E-state index contributed by atoms with van der Waals surface area (Å²) < 4.78 is 1.05. The lowest BCUT2D eigenvalue weighted by Gasteiger charge is -2.01. The third-order valence-electron chi connectivity index (χ3n) is 1.45. The van der Waals surface area contributed by atoms with Gasteiger partial charge >= 0.3 is 0 Å². The van der Waals surface area contributed by atoms with Gasteiger partial charge in [-0.25, -0.2) is 0 Å². The van der Waals surface area contributed by atoms with Crippen molar-refractivity contribution >= 4 is 32.7 Å². The van der Waals surface area contributed by atoms with E-state index in [0.29, 0.717) is 5.17 Å². The second-order valence-electron chi connectivity index (χ2n) is 3.02. The van der Waals surface area contributed by atoms with Gasteiger partial charge in [-0.2, -0.15) is 0 Å². The maximum absolute atomic E-state index is 5.99. The first kappa shape index (κ1) is 10.7. The minimum Gasteiger partial charge on any atom is -0.270 e. The van der Waals surface area contributed by atoms with Crippen LogP contribution in [0.15, 0.2) is 33.7 Å². The summed E-state index contributed by atoms with van der Waals surface area (Å²) in [4.78, 5) is 4.24. The molecule has 13 heavy (non-hydrogen) atoms. The Labute approximate surface area is 92.0 Å². The van der Waals surface area contributed by atoms with E-state index in [1.54, 1.807) is 0 Å². The predicted octanol–water partition coefficient (Wildman–Crippen LogP) is 3.84. The molecule has 70 valence electrons. The largest absolute Gasteiger partial charge is 0.270 e. The molecule has 0 N–H and O–H groups in total. The molecule has 0 amide bonds. The molecule has 0 unspecified atom stereocenters. The highest BCUT2D eigenvalue weighted by atomic mass is 79.9. The van der Waals surface area contributed by atoms with Crippen LogP contribution < -0.4 is 0 Å². The van der Waals surface area contributed by atoms with Gasteiger partial charge in [0.25, 0.3) is 0 Å². The normalized spacial score (nSPS) is 12.2. The smallest absolute Gasteiger partial charge is 0.131 e. The summed E-state index contributed by atoms with van der Waals surface area (Å²) in [5, 5.41) is 0.572. The Kier molecular flexibility index (Phi) is 3.94. The minimum atomic E-state index is 0.233. The molecule has 0 fully saturated rings. The first-order valence-corrected chi connectivity index (χ1v) is 5.26. The van der Waals surface area contributed by atoms with Crippen molar-refractivity contribution in [3.05, 3.63) is 34.3 Å². The molecule has 0 aliphatic heterocycles. The second kappa shape index (κ2) is 4.77. The van der Waals surface area contributed by atoms with Crippen molar-refractivity contribution in [1.29, 1.82) is 0 Å². The van der Waals surface area contributed by atoms with Crippen LogP contribution in [0.1, 0.15) is 19.4 Å². The highest BCUT2D eigenvalue weighted by Crippen LogP contribution is 2.13. The van der Waals surface area contributed by atoms with E-state index >= 15 is 0 Å². The first-order chi connectivity index (χ1) is 6.09. The number of benzene rings is 1. The lowest BCUT2D eigenvalue weighted by atomic mass is 10.2. The zero-order valence-electron chi connectivity index (χ0n) is 7.59. The molecule has 0 spiro atoms. The molecule has 0 aliphatic carbocycles. The van der Waals surface area contributed by atoms with Gasteiger partial charge in [0.05, 0.1) is 0 Å². The summed E-state index contributed by atoms with van der Waals surface area (Å²) in [7, 11) is 0. The van der Waals surface area contributed by atoms with Crippen LogP contribution in [0.5, 0.6) is 0 Å². The predicted molar refractivity (Wildman–Crippen MR) is 61.7 cm³/mol. The maximum atomic E-state index is 5.99. The van der Waals surface area contributed by atoms with Crippen molar-refractivity contribution in [3.63, 3.8) is 0 Å². The fourth-order valence-electron chi connectivity index (χ4n) is 0.889. The molecule has 1 rings (SSSR count). The van der Waals surface area contributed by atoms with E-state index in [1.807, 2.05) is 38.1 Å². The van der Waals surface area contributed by atoms with Gasteiger partial charge in [-0.3, -0.25) is 4.99 Å². The highest BCUT2D eigenvalue weighted by Gasteiger charge is 1.99. The third-order valence-corrected chi connectivity index (χ3v) is 2.30. The summed E-state index contributed by atoms with van der Waals surface area (Å²) in [5.74, 6) is 0. The van der Waals surface area contributed by atoms with Crippen molar-refractivity contribution in [3.8, 4) is 0 Å². The standard InChI is InChI=1S/C10H11BrClN/c1-7(2)13-10(12)8-3-5-9(11)6-4-8/h3-7H,1-2H3. The van der Waals surface area contributed by atoms with Crippen molar-refractivity contribution in [2.24, 2.45) is 4.99 Å². The maximum Gasteiger partial charge on any atom is 0.131 e. The molecule has 3 heteroatoms. The van der Waals surface area contributed by atoms with Crippen molar-refractivity contribution in [2.45, 2.75) is 19.9 Å². The van der Waals surface area contributed by atoms with E-state index in [-0.39, 0.29) is 6.04 Å². The summed E-state index contributed by atoms with van der Waals surface area (Å²) in [6.45, 7) is 4.00. The monoisotopic (exact) mass is 259 g/mol. The van der Waals surface area contributed by atoms with Crippen LogP contribution in [-0.4, -0.2) is 11.2 Å². The molecule has 0 atom stereocenters. The lowest BCUT2D eigenvalue weighted by molar-refractivity contribution is 0.839. The van der Waals surface area contributed by atoms with Crippen LogP contribution >= 0.6 is 27.5 Å². The Morgan fingerprint density at radius 1 is 1.31 bits per heavy atom. The van der Waals surface area contributed by atoms with Gasteiger partial charge in [0.15, 0.2) is 0 Å². The van der Waals surface area contributed by atoms with E-state index < -0.39 is 0 Å². The number of rotatable bonds is 2. The van der Waals surface area contributed by atoms with Crippen molar-refractivity contribution in [1.82, 2.24) is 0 Å². The van der Waals surface area contributed by atoms with Crippen molar-refractivity contribution in [2.75, 3.05) is 0 Å². The first-order valence-electron chi connectivity index (χ1n) is 4.09. The number of nitrogens with zero attached hydrogens (tertiary/aromatic N) is 1. The molecule has 0 saturated carbocycles. The van der Waals surface area contributed by atoms with Gasteiger partial charge < -0.3 is 0 Å². The fraction of sp³-hybridized carbons (Fsp3) is 0.300. The fourth-order valence-corrected chi connectivity index (χ4v) is 1.47. The number of hydrogen-bond acceptors (Lipinski definition) is 1. The van der Waals surface area contributed by atoms with Crippen LogP contribution in [0.4, 0.5) is 0 Å². The van der Waals surface area contributed by atoms with Crippen LogP contribution in [0, 0.1) is 0 Å². The quantitative estimate of drug-likeness (QED) is 0.717. The van der Waals surface area contributed by atoms with Crippen LogP contribution in [0.3, 0.4) is 0 Å². The highest BCUT2D eigenvalue weighted by molar-refractivity contribution is 9.10. The second-order valence-corrected chi connectivity index (χ2v) is 4.29. The minimum absolute atomic E-state index is 0.233. The van der Waals surface area contributed by atoms with Crippen LogP contribution in [-0.2, 0) is 0 Å². The topological polar surface area (TPSA) is 12.4 Å². The van der Waals surface area contributed by atoms with Crippen LogP contribution in [0.25, 0.3) is 0 Å². The van der Waals surface area contributed by atoms with Gasteiger partial charge in [0.1, 0.15) is 5.17 Å². The third kappa shape index (κ3) is 3.49. The van der Waals surface area contributed by atoms with Gasteiger partial charge in [0, 0.05) is 16.1 Å². The SMILES string of the molecule is CC(C)N=C(Cl)c1ccc(Br)cc1. The Morgan fingerprint density at radius 2 is 1.85 bits per heavy atom. The molecule has 0 bridgehead atoms. The molecule has 0 saturated heterocycles. The molecule has 1 aromatic rings. The number of halogens is 2. The van der Waals surface area contributed by atoms with E-state index in [9.17, 15) is 0 Å². The molecule has 1 nitrogen and oxygen atoms in total. The zero-order chi connectivity index (χ0) is 9.84. The Hall–Kier alpha value is -0.340. The number of hydrogen-bond donors (Lipinski definition) is 0. The number of aliphatic imine (C=N–C) groups is 1. The van der Waals surface area contributed by atoms with Crippen molar-refractivity contribution < 1.29 is 0 Å². The Bertz CT molecular complexity index is 303. The van der Waals surface area contributed by atoms with E-state index in [0.717, 1.165) is 10.0 Å². The Morgan fingerprint density at radius 3 is 2.31 bits per heavy atom. The molecular formula is C10H11BrClN. The van der Waals surface area contributed by atoms with Crippen LogP contribution in [0.2, 0.25) is 0 Å². The van der Waals surface area contributed by atoms with Gasteiger partial charge in [0.2, 0.25) is 0 Å². The lowest BCUT2D eigenvalue weighted by Crippen LogP contribution is -1.97. The zero-order valence-corrected chi connectivity index (χ0v) is 9.93. The summed E-state index contributed by atoms with van der Waals surface area (Å²) in [6, 6.07) is 8.02. The Balaban J connectivity index is 2.89. The molecule has 0 radical (unpaired) electrons. The average Bonchev–Trinajstić information content (AvgIpc) is 2.04. The van der Waals surface area contributed by atoms with Gasteiger partial charge in [-0.1, -0.05) is 39.7 Å². The summed E-state index contributed by atoms with van der Waals surface area (Å²) in [5.41, 5.74) is 0.957. The van der Waals surface area contributed by atoms with E-state index in [2.05, 4.69) is 20.9 Å². The summed E-state index contributed by atoms with van der Waals surface area (Å²) in [6.07, 6.45) is 0. The van der Waals surface area contributed by atoms with E-state index in [4.69, 9.17) is 11.6 Å². The molecular weight excluding hydrogens is 249 g/mol. The molecule has 0 aromatic heterocycles. The molecule has 0 heterocycles. The summed E-state index contributed by atoms with van der Waals surface area (Å²) >= 11 is 9.35. The average molecular weight is 261 g/mol. The van der Waals surface area contributed by atoms with Gasteiger partial charge in [-0.05, 0) is 26.0 Å². The van der Waals surface area contributed by atoms with Gasteiger partial charge in [-0.15, -0.1) is 0 Å².